The number of rotatable bonds is 3. The molecule has 2 N–H and O–H groups in total. The number of hydrogen-bond acceptors (Lipinski definition) is 2. The minimum Gasteiger partial charge on any atom is -0.480 e. The van der Waals surface area contributed by atoms with Crippen molar-refractivity contribution in [2.75, 3.05) is 6.54 Å². The molecule has 1 saturated heterocycles. The van der Waals surface area contributed by atoms with Gasteiger partial charge in [-0.15, -0.1) is 0 Å². The minimum absolute atomic E-state index is 0.464. The van der Waals surface area contributed by atoms with Gasteiger partial charge in [0.05, 0.1) is 0 Å². The van der Waals surface area contributed by atoms with E-state index in [0.717, 1.165) is 13.0 Å². The molecule has 1 heterocycles. The molecule has 0 aromatic heterocycles. The van der Waals surface area contributed by atoms with Crippen LogP contribution in [0.3, 0.4) is 0 Å². The van der Waals surface area contributed by atoms with Gasteiger partial charge in [-0.2, -0.15) is 0 Å². The third kappa shape index (κ3) is 1.79. The Morgan fingerprint density at radius 1 is 1.75 bits per heavy atom. The van der Waals surface area contributed by atoms with Gasteiger partial charge in [0.25, 0.3) is 0 Å². The highest BCUT2D eigenvalue weighted by Gasteiger charge is 2.39. The smallest absolute Gasteiger partial charge is 0.324 e. The lowest BCUT2D eigenvalue weighted by atomic mass is 9.94. The summed E-state index contributed by atoms with van der Waals surface area (Å²) in [6.45, 7) is 0.780. The van der Waals surface area contributed by atoms with Gasteiger partial charge in [-0.1, -0.05) is 17.7 Å². The van der Waals surface area contributed by atoms with Crippen molar-refractivity contribution in [2.24, 2.45) is 0 Å². The van der Waals surface area contributed by atoms with Gasteiger partial charge in [0.2, 0.25) is 0 Å². The SMILES string of the molecule is O=C(O)C1(C/C=C/Cl)CCCN1. The first kappa shape index (κ1) is 9.55. The summed E-state index contributed by atoms with van der Waals surface area (Å²) in [6, 6.07) is 0. The van der Waals surface area contributed by atoms with Gasteiger partial charge in [0, 0.05) is 5.54 Å². The number of carboxylic acid groups (broad SMARTS) is 1. The molecule has 68 valence electrons. The second-order valence-corrected chi connectivity index (χ2v) is 3.24. The van der Waals surface area contributed by atoms with Crippen molar-refractivity contribution < 1.29 is 9.90 Å². The Kier molecular flexibility index (Phi) is 3.12. The van der Waals surface area contributed by atoms with Crippen LogP contribution in [0.15, 0.2) is 11.6 Å². The first-order valence-corrected chi connectivity index (χ1v) is 4.38. The van der Waals surface area contributed by atoms with Crippen molar-refractivity contribution in [2.45, 2.75) is 24.8 Å². The van der Waals surface area contributed by atoms with E-state index in [1.807, 2.05) is 0 Å². The number of carboxylic acids is 1. The van der Waals surface area contributed by atoms with Crippen LogP contribution >= 0.6 is 11.6 Å². The Labute approximate surface area is 76.4 Å². The van der Waals surface area contributed by atoms with Crippen LogP contribution in [-0.4, -0.2) is 23.2 Å². The molecular formula is C8H12ClNO2. The number of carbonyl (C=O) groups is 1. The van der Waals surface area contributed by atoms with E-state index in [9.17, 15) is 4.79 Å². The van der Waals surface area contributed by atoms with Gasteiger partial charge in [-0.3, -0.25) is 4.79 Å². The van der Waals surface area contributed by atoms with Crippen molar-refractivity contribution in [3.8, 4) is 0 Å². The van der Waals surface area contributed by atoms with Gasteiger partial charge in [-0.05, 0) is 25.8 Å². The molecule has 1 atom stereocenters. The van der Waals surface area contributed by atoms with Gasteiger partial charge in [0.1, 0.15) is 5.54 Å². The number of aliphatic carboxylic acids is 1. The second-order valence-electron chi connectivity index (χ2n) is 2.98. The van der Waals surface area contributed by atoms with Crippen LogP contribution in [0.1, 0.15) is 19.3 Å². The van der Waals surface area contributed by atoms with Crippen LogP contribution in [0.5, 0.6) is 0 Å². The van der Waals surface area contributed by atoms with Crippen LogP contribution in [0.2, 0.25) is 0 Å². The van der Waals surface area contributed by atoms with E-state index in [0.29, 0.717) is 12.8 Å². The number of nitrogens with one attached hydrogen (secondary N) is 1. The standard InChI is InChI=1S/C8H12ClNO2/c9-5-1-3-8(7(11)12)4-2-6-10-8/h1,5,10H,2-4,6H2,(H,11,12)/b5-1+. The van der Waals surface area contributed by atoms with Gasteiger partial charge < -0.3 is 10.4 Å². The average molecular weight is 190 g/mol. The molecule has 0 spiro atoms. The van der Waals surface area contributed by atoms with Crippen LogP contribution in [0.4, 0.5) is 0 Å². The average Bonchev–Trinajstić information content (AvgIpc) is 2.50. The minimum atomic E-state index is -0.783. The predicted molar refractivity (Wildman–Crippen MR) is 47.2 cm³/mol. The Hall–Kier alpha value is -0.540. The van der Waals surface area contributed by atoms with Gasteiger partial charge in [-0.25, -0.2) is 0 Å². The maximum absolute atomic E-state index is 10.9. The predicted octanol–water partition coefficient (Wildman–Crippen LogP) is 1.34. The van der Waals surface area contributed by atoms with Crippen molar-refractivity contribution in [3.63, 3.8) is 0 Å². The first-order valence-electron chi connectivity index (χ1n) is 3.95. The molecule has 0 aliphatic carbocycles. The summed E-state index contributed by atoms with van der Waals surface area (Å²) in [7, 11) is 0. The molecule has 1 fully saturated rings. The summed E-state index contributed by atoms with van der Waals surface area (Å²) in [5.74, 6) is -0.783. The van der Waals surface area contributed by atoms with E-state index in [2.05, 4.69) is 5.32 Å². The normalized spacial score (nSPS) is 29.8. The summed E-state index contributed by atoms with van der Waals surface area (Å²) < 4.78 is 0. The van der Waals surface area contributed by atoms with E-state index in [-0.39, 0.29) is 0 Å². The molecule has 1 aliphatic rings. The third-order valence-electron chi connectivity index (χ3n) is 2.21. The highest BCUT2D eigenvalue weighted by atomic mass is 35.5. The van der Waals surface area contributed by atoms with Crippen LogP contribution in [-0.2, 0) is 4.79 Å². The lowest BCUT2D eigenvalue weighted by Gasteiger charge is -2.22. The summed E-state index contributed by atoms with van der Waals surface area (Å²) in [4.78, 5) is 10.9. The van der Waals surface area contributed by atoms with E-state index in [4.69, 9.17) is 16.7 Å². The highest BCUT2D eigenvalue weighted by molar-refractivity contribution is 6.25. The van der Waals surface area contributed by atoms with E-state index in [1.165, 1.54) is 5.54 Å². The molecule has 3 nitrogen and oxygen atoms in total. The number of halogens is 1. The monoisotopic (exact) mass is 189 g/mol. The Balaban J connectivity index is 2.65. The maximum Gasteiger partial charge on any atom is 0.324 e. The Morgan fingerprint density at radius 3 is 2.92 bits per heavy atom. The maximum atomic E-state index is 10.9. The molecule has 1 unspecified atom stereocenters. The molecule has 12 heavy (non-hydrogen) atoms. The van der Waals surface area contributed by atoms with Crippen LogP contribution in [0.25, 0.3) is 0 Å². The zero-order chi connectivity index (χ0) is 9.03. The lowest BCUT2D eigenvalue weighted by Crippen LogP contribution is -2.47. The molecule has 0 radical (unpaired) electrons. The zero-order valence-electron chi connectivity index (χ0n) is 6.72. The fourth-order valence-electron chi connectivity index (χ4n) is 1.50. The third-order valence-corrected chi connectivity index (χ3v) is 2.39. The zero-order valence-corrected chi connectivity index (χ0v) is 7.47. The Morgan fingerprint density at radius 2 is 2.50 bits per heavy atom. The summed E-state index contributed by atoms with van der Waals surface area (Å²) >= 11 is 5.35. The second kappa shape index (κ2) is 3.92. The summed E-state index contributed by atoms with van der Waals surface area (Å²) in [5, 5.41) is 11.9. The van der Waals surface area contributed by atoms with Crippen molar-refractivity contribution >= 4 is 17.6 Å². The van der Waals surface area contributed by atoms with Gasteiger partial charge in [0.15, 0.2) is 0 Å². The molecule has 1 rings (SSSR count). The molecule has 4 heteroatoms. The fraction of sp³-hybridized carbons (Fsp3) is 0.625. The van der Waals surface area contributed by atoms with E-state index >= 15 is 0 Å². The molecule has 0 saturated carbocycles. The quantitative estimate of drug-likeness (QED) is 0.705. The van der Waals surface area contributed by atoms with E-state index in [1.54, 1.807) is 6.08 Å². The molecule has 0 aromatic carbocycles. The van der Waals surface area contributed by atoms with Gasteiger partial charge >= 0.3 is 5.97 Å². The summed E-state index contributed by atoms with van der Waals surface area (Å²) in [5.41, 5.74) is 0.607. The molecule has 1 aliphatic heterocycles. The van der Waals surface area contributed by atoms with Crippen LogP contribution < -0.4 is 5.32 Å². The van der Waals surface area contributed by atoms with Crippen molar-refractivity contribution in [3.05, 3.63) is 11.6 Å². The highest BCUT2D eigenvalue weighted by Crippen LogP contribution is 2.23. The lowest BCUT2D eigenvalue weighted by molar-refractivity contribution is -0.144. The van der Waals surface area contributed by atoms with E-state index < -0.39 is 11.5 Å². The largest absolute Gasteiger partial charge is 0.480 e. The molecule has 0 bridgehead atoms. The topological polar surface area (TPSA) is 49.3 Å². The first-order chi connectivity index (χ1) is 5.71. The fourth-order valence-corrected chi connectivity index (χ4v) is 1.59. The van der Waals surface area contributed by atoms with Crippen LogP contribution in [0, 0.1) is 0 Å². The number of hydrogen-bond donors (Lipinski definition) is 2. The summed E-state index contributed by atoms with van der Waals surface area (Å²) in [6.07, 6.45) is 3.74. The van der Waals surface area contributed by atoms with Crippen molar-refractivity contribution in [1.29, 1.82) is 0 Å². The molecular weight excluding hydrogens is 178 g/mol. The molecule has 0 amide bonds. The Bertz CT molecular complexity index is 197. The van der Waals surface area contributed by atoms with Crippen molar-refractivity contribution in [1.82, 2.24) is 5.32 Å². The molecule has 0 aromatic rings.